The minimum atomic E-state index is -0.501. The summed E-state index contributed by atoms with van der Waals surface area (Å²) < 4.78 is 44.1. The van der Waals surface area contributed by atoms with Crippen LogP contribution >= 0.6 is 0 Å². The van der Waals surface area contributed by atoms with E-state index in [9.17, 15) is 0 Å². The molecule has 10 aromatic carbocycles. The molecule has 0 amide bonds. The standard InChI is InChI=1S/C78H68N4O/c1-75(2,3)50-41-42-79-72(46-50)82-70-38-19-13-27-59(70)60-40-39-55(48-71(60)82)83-54-24-20-23-53(47-54)80-68-36-17-18-37-69(68)81-74-56(49-43-51(76(4,5)6)45-52(44-49)77(7,8)9)29-21-31-62(74)61-30-22-35-67-73(61)63-28-12-16-34-66(63)78(67)64-32-14-10-25-57(64)58-26-11-15-33-65(58)78/h10-48,80-81H,1-9H3/i13D,19D,27D,38D. The normalized spacial score (nSPS) is 13.9. The molecule has 0 radical (unpaired) electrons. The fraction of sp³-hybridized carbons (Fsp3) is 0.167. The molecule has 14 rings (SSSR count). The lowest BCUT2D eigenvalue weighted by Crippen LogP contribution is -2.25. The molecule has 5 nitrogen and oxygen atoms in total. The molecule has 2 aromatic heterocycles. The van der Waals surface area contributed by atoms with Crippen LogP contribution in [0, 0.1) is 0 Å². The molecule has 5 heteroatoms. The van der Waals surface area contributed by atoms with Gasteiger partial charge in [-0.1, -0.05) is 226 Å². The predicted octanol–water partition coefficient (Wildman–Crippen LogP) is 21.0. The van der Waals surface area contributed by atoms with E-state index in [1.54, 1.807) is 6.20 Å². The molecule has 0 unspecified atom stereocenters. The number of hydrogen-bond acceptors (Lipinski definition) is 4. The van der Waals surface area contributed by atoms with Crippen molar-refractivity contribution in [3.05, 3.63) is 276 Å². The fourth-order valence-electron chi connectivity index (χ4n) is 12.9. The van der Waals surface area contributed by atoms with Gasteiger partial charge >= 0.3 is 0 Å². The molecule has 2 aliphatic carbocycles. The van der Waals surface area contributed by atoms with Gasteiger partial charge in [0.2, 0.25) is 0 Å². The van der Waals surface area contributed by atoms with Crippen molar-refractivity contribution in [2.45, 2.75) is 84.0 Å². The van der Waals surface area contributed by atoms with E-state index in [-0.39, 0.29) is 40.4 Å². The Kier molecular flexibility index (Phi) is 11.0. The van der Waals surface area contributed by atoms with Crippen LogP contribution in [0.2, 0.25) is 0 Å². The molecule has 2 heterocycles. The van der Waals surface area contributed by atoms with E-state index in [4.69, 9.17) is 15.2 Å². The van der Waals surface area contributed by atoms with Crippen molar-refractivity contribution in [3.63, 3.8) is 0 Å². The number of nitrogens with zero attached hydrogens (tertiary/aromatic N) is 2. The summed E-state index contributed by atoms with van der Waals surface area (Å²) in [6.45, 7) is 20.2. The largest absolute Gasteiger partial charge is 0.457 e. The van der Waals surface area contributed by atoms with Gasteiger partial charge in [-0.05, 0) is 143 Å². The average Bonchev–Trinajstić information content (AvgIpc) is 1.52. The van der Waals surface area contributed by atoms with E-state index < -0.39 is 5.41 Å². The molecule has 83 heavy (non-hydrogen) atoms. The summed E-state index contributed by atoms with van der Waals surface area (Å²) in [5.41, 5.74) is 22.0. The van der Waals surface area contributed by atoms with Crippen molar-refractivity contribution in [1.29, 1.82) is 0 Å². The zero-order valence-electron chi connectivity index (χ0n) is 52.5. The first-order valence-corrected chi connectivity index (χ1v) is 28.8. The number of pyridine rings is 1. The first kappa shape index (κ1) is 47.2. The van der Waals surface area contributed by atoms with Crippen LogP contribution in [0.4, 0.5) is 22.7 Å². The summed E-state index contributed by atoms with van der Waals surface area (Å²) in [6.07, 6.45) is 1.76. The lowest BCUT2D eigenvalue weighted by Gasteiger charge is -2.30. The summed E-state index contributed by atoms with van der Waals surface area (Å²) in [5, 5.41) is 9.02. The number of para-hydroxylation sites is 4. The summed E-state index contributed by atoms with van der Waals surface area (Å²) in [5.74, 6) is 1.68. The van der Waals surface area contributed by atoms with Crippen LogP contribution in [0.25, 0.3) is 72.1 Å². The zero-order chi connectivity index (χ0) is 60.5. The second-order valence-corrected chi connectivity index (χ2v) is 25.5. The molecule has 406 valence electrons. The Morgan fingerprint density at radius 3 is 1.69 bits per heavy atom. The van der Waals surface area contributed by atoms with Gasteiger partial charge < -0.3 is 15.4 Å². The fourth-order valence-corrected chi connectivity index (χ4v) is 12.9. The summed E-state index contributed by atoms with van der Waals surface area (Å²) in [6, 6.07) is 73.0. The molecule has 1 spiro atoms. The Bertz CT molecular complexity index is 4730. The molecular formula is C78H68N4O. The van der Waals surface area contributed by atoms with Crippen LogP contribution in [0.5, 0.6) is 11.5 Å². The Hall–Kier alpha value is -9.45. The van der Waals surface area contributed by atoms with Crippen molar-refractivity contribution in [1.82, 2.24) is 9.55 Å². The third-order valence-corrected chi connectivity index (χ3v) is 17.1. The van der Waals surface area contributed by atoms with Gasteiger partial charge in [0.05, 0.1) is 39.0 Å². The van der Waals surface area contributed by atoms with Crippen LogP contribution < -0.4 is 15.4 Å². The number of fused-ring (bicyclic) bond motifs is 13. The highest BCUT2D eigenvalue weighted by Crippen LogP contribution is 2.64. The molecule has 0 atom stereocenters. The highest BCUT2D eigenvalue weighted by molar-refractivity contribution is 6.10. The molecule has 0 saturated heterocycles. The Morgan fingerprint density at radius 2 is 0.988 bits per heavy atom. The van der Waals surface area contributed by atoms with E-state index in [2.05, 4.69) is 225 Å². The number of nitrogens with one attached hydrogen (secondary N) is 2. The molecule has 2 aliphatic rings. The van der Waals surface area contributed by atoms with Gasteiger partial charge in [-0.25, -0.2) is 4.98 Å². The quantitative estimate of drug-likeness (QED) is 0.151. The number of ether oxygens (including phenoxy) is 1. The predicted molar refractivity (Wildman–Crippen MR) is 348 cm³/mol. The van der Waals surface area contributed by atoms with Crippen LogP contribution in [0.15, 0.2) is 237 Å². The minimum absolute atomic E-state index is 0.0994. The number of benzene rings is 10. The summed E-state index contributed by atoms with van der Waals surface area (Å²) >= 11 is 0. The van der Waals surface area contributed by atoms with Crippen molar-refractivity contribution >= 4 is 44.6 Å². The second kappa shape index (κ2) is 19.3. The van der Waals surface area contributed by atoms with E-state index in [0.717, 1.165) is 50.6 Å². The zero-order valence-corrected chi connectivity index (χ0v) is 48.5. The first-order valence-electron chi connectivity index (χ1n) is 30.8. The van der Waals surface area contributed by atoms with E-state index >= 15 is 0 Å². The Balaban J connectivity index is 0.888. The third kappa shape index (κ3) is 8.63. The lowest BCUT2D eigenvalue weighted by atomic mass is 9.70. The SMILES string of the molecule is [2H]c1c([2H])c([2H])c2c(c1[2H])c1ccc(Oc3cccc(Nc4ccccc4Nc4c(-c5cc(C(C)(C)C)cc(C(C)(C)C)c5)cccc4-c4cccc5c4-c4ccccc4C54c5ccccc5-c5ccccc54)c3)cc1n2-c1cc(C(C)(C)C)ccn1. The number of hydrogen-bond donors (Lipinski definition) is 2. The van der Waals surface area contributed by atoms with Gasteiger partial charge in [-0.3, -0.25) is 4.57 Å². The number of anilines is 4. The third-order valence-electron chi connectivity index (χ3n) is 17.1. The highest BCUT2D eigenvalue weighted by atomic mass is 16.5. The van der Waals surface area contributed by atoms with Gasteiger partial charge in [-0.15, -0.1) is 0 Å². The smallest absolute Gasteiger partial charge is 0.137 e. The number of aromatic nitrogens is 2. The number of rotatable bonds is 9. The van der Waals surface area contributed by atoms with Crippen molar-refractivity contribution in [2.24, 2.45) is 0 Å². The Labute approximate surface area is 494 Å². The van der Waals surface area contributed by atoms with Crippen molar-refractivity contribution < 1.29 is 10.2 Å². The van der Waals surface area contributed by atoms with Gasteiger partial charge in [0, 0.05) is 45.9 Å². The minimum Gasteiger partial charge on any atom is -0.457 e. The van der Waals surface area contributed by atoms with Gasteiger partial charge in [-0.2, -0.15) is 0 Å². The molecule has 0 saturated carbocycles. The van der Waals surface area contributed by atoms with Gasteiger partial charge in [0.15, 0.2) is 0 Å². The van der Waals surface area contributed by atoms with Gasteiger partial charge in [0.25, 0.3) is 0 Å². The molecular weight excluding hydrogens is 1010 g/mol. The van der Waals surface area contributed by atoms with Crippen molar-refractivity contribution in [3.8, 4) is 61.8 Å². The highest BCUT2D eigenvalue weighted by Gasteiger charge is 2.52. The average molecular weight is 1080 g/mol. The summed E-state index contributed by atoms with van der Waals surface area (Å²) in [7, 11) is 0. The van der Waals surface area contributed by atoms with Crippen LogP contribution in [-0.4, -0.2) is 9.55 Å². The molecule has 0 fully saturated rings. The van der Waals surface area contributed by atoms with E-state index in [1.807, 2.05) is 59.2 Å². The van der Waals surface area contributed by atoms with Crippen LogP contribution in [0.3, 0.4) is 0 Å². The van der Waals surface area contributed by atoms with Gasteiger partial charge in [0.1, 0.15) is 17.3 Å². The van der Waals surface area contributed by atoms with Crippen LogP contribution in [0.1, 0.15) is 107 Å². The maximum Gasteiger partial charge on any atom is 0.137 e. The molecule has 0 aliphatic heterocycles. The lowest BCUT2D eigenvalue weighted by molar-refractivity contribution is 0.483. The first-order chi connectivity index (χ1) is 41.7. The van der Waals surface area contributed by atoms with E-state index in [0.29, 0.717) is 39.1 Å². The Morgan fingerprint density at radius 1 is 0.434 bits per heavy atom. The monoisotopic (exact) mass is 1080 g/mol. The maximum absolute atomic E-state index is 9.14. The molecule has 12 aromatic rings. The van der Waals surface area contributed by atoms with E-state index in [1.165, 1.54) is 55.6 Å². The topological polar surface area (TPSA) is 51.1 Å². The molecule has 0 bridgehead atoms. The maximum atomic E-state index is 9.14. The molecule has 2 N–H and O–H groups in total. The van der Waals surface area contributed by atoms with Crippen LogP contribution in [-0.2, 0) is 21.7 Å². The van der Waals surface area contributed by atoms with Crippen molar-refractivity contribution in [2.75, 3.05) is 10.6 Å². The second-order valence-electron chi connectivity index (χ2n) is 25.5. The summed E-state index contributed by atoms with van der Waals surface area (Å²) in [4.78, 5) is 4.79.